The SMILES string of the molecule is CC(C)(C)[C@H](N)c1c(F)ccc(F)c1O.Cl. The van der Waals surface area contributed by atoms with E-state index in [9.17, 15) is 13.9 Å². The third kappa shape index (κ3) is 2.83. The Balaban J connectivity index is 0.00000225. The highest BCUT2D eigenvalue weighted by Gasteiger charge is 2.28. The summed E-state index contributed by atoms with van der Waals surface area (Å²) in [5, 5.41) is 9.42. The van der Waals surface area contributed by atoms with Crippen molar-refractivity contribution in [2.45, 2.75) is 26.8 Å². The molecule has 92 valence electrons. The number of rotatable bonds is 1. The molecule has 5 heteroatoms. The monoisotopic (exact) mass is 251 g/mol. The van der Waals surface area contributed by atoms with Crippen LogP contribution < -0.4 is 5.73 Å². The van der Waals surface area contributed by atoms with E-state index >= 15 is 0 Å². The van der Waals surface area contributed by atoms with Crippen LogP contribution in [0.2, 0.25) is 0 Å². The lowest BCUT2D eigenvalue weighted by Crippen LogP contribution is -2.27. The number of benzene rings is 1. The van der Waals surface area contributed by atoms with Crippen molar-refractivity contribution in [3.63, 3.8) is 0 Å². The van der Waals surface area contributed by atoms with Crippen LogP contribution in [0.5, 0.6) is 5.75 Å². The Kier molecular flexibility index (Phi) is 4.70. The van der Waals surface area contributed by atoms with Gasteiger partial charge < -0.3 is 10.8 Å². The highest BCUT2D eigenvalue weighted by atomic mass is 35.5. The maximum absolute atomic E-state index is 13.4. The van der Waals surface area contributed by atoms with Crippen molar-refractivity contribution in [1.82, 2.24) is 0 Å². The largest absolute Gasteiger partial charge is 0.505 e. The summed E-state index contributed by atoms with van der Waals surface area (Å²) in [6, 6.07) is 1.09. The molecule has 0 saturated heterocycles. The van der Waals surface area contributed by atoms with Crippen LogP contribution in [-0.4, -0.2) is 5.11 Å². The number of halogens is 3. The zero-order valence-corrected chi connectivity index (χ0v) is 10.2. The number of hydrogen-bond donors (Lipinski definition) is 2. The molecule has 0 aliphatic rings. The van der Waals surface area contributed by atoms with Crippen molar-refractivity contribution in [3.8, 4) is 5.75 Å². The molecule has 0 aromatic heterocycles. The topological polar surface area (TPSA) is 46.2 Å². The van der Waals surface area contributed by atoms with Gasteiger partial charge in [-0.2, -0.15) is 0 Å². The van der Waals surface area contributed by atoms with Gasteiger partial charge in [0.15, 0.2) is 11.6 Å². The second-order valence-corrected chi connectivity index (χ2v) is 4.64. The van der Waals surface area contributed by atoms with E-state index in [4.69, 9.17) is 5.73 Å². The molecule has 0 fully saturated rings. The number of aromatic hydroxyl groups is 1. The molecule has 0 radical (unpaired) electrons. The maximum atomic E-state index is 13.4. The van der Waals surface area contributed by atoms with E-state index in [-0.39, 0.29) is 18.0 Å². The van der Waals surface area contributed by atoms with Crippen LogP contribution in [0.1, 0.15) is 32.4 Å². The summed E-state index contributed by atoms with van der Waals surface area (Å²) in [4.78, 5) is 0. The quantitative estimate of drug-likeness (QED) is 0.806. The minimum absolute atomic E-state index is 0. The summed E-state index contributed by atoms with van der Waals surface area (Å²) in [5.74, 6) is -2.24. The van der Waals surface area contributed by atoms with Gasteiger partial charge in [0.2, 0.25) is 0 Å². The Labute approximate surface area is 99.9 Å². The molecule has 3 N–H and O–H groups in total. The van der Waals surface area contributed by atoms with Gasteiger partial charge >= 0.3 is 0 Å². The molecular formula is C11H16ClF2NO. The van der Waals surface area contributed by atoms with Crippen LogP contribution in [0.15, 0.2) is 12.1 Å². The highest BCUT2D eigenvalue weighted by molar-refractivity contribution is 5.85. The first-order valence-electron chi connectivity index (χ1n) is 4.67. The summed E-state index contributed by atoms with van der Waals surface area (Å²) < 4.78 is 26.4. The van der Waals surface area contributed by atoms with Crippen molar-refractivity contribution >= 4 is 12.4 Å². The van der Waals surface area contributed by atoms with Crippen LogP contribution >= 0.6 is 12.4 Å². The second kappa shape index (κ2) is 4.97. The Bertz CT molecular complexity index is 377. The normalized spacial score (nSPS) is 13.1. The predicted molar refractivity (Wildman–Crippen MR) is 61.7 cm³/mol. The van der Waals surface area contributed by atoms with E-state index in [1.807, 2.05) is 0 Å². The minimum Gasteiger partial charge on any atom is -0.505 e. The molecule has 0 unspecified atom stereocenters. The molecule has 0 aliphatic carbocycles. The van der Waals surface area contributed by atoms with Crippen LogP contribution in [0.4, 0.5) is 8.78 Å². The van der Waals surface area contributed by atoms with E-state index in [1.165, 1.54) is 0 Å². The molecule has 0 amide bonds. The molecule has 0 bridgehead atoms. The summed E-state index contributed by atoms with van der Waals surface area (Å²) in [7, 11) is 0. The molecule has 16 heavy (non-hydrogen) atoms. The van der Waals surface area contributed by atoms with E-state index in [2.05, 4.69) is 0 Å². The minimum atomic E-state index is -0.855. The van der Waals surface area contributed by atoms with Gasteiger partial charge in [-0.25, -0.2) is 8.78 Å². The van der Waals surface area contributed by atoms with Crippen molar-refractivity contribution in [1.29, 1.82) is 0 Å². The Morgan fingerprint density at radius 1 is 1.19 bits per heavy atom. The van der Waals surface area contributed by atoms with Gasteiger partial charge in [0.05, 0.1) is 0 Å². The van der Waals surface area contributed by atoms with Gasteiger partial charge in [-0.05, 0) is 17.5 Å². The molecule has 1 rings (SSSR count). The molecule has 0 spiro atoms. The number of nitrogens with two attached hydrogens (primary N) is 1. The van der Waals surface area contributed by atoms with E-state index in [1.54, 1.807) is 20.8 Å². The van der Waals surface area contributed by atoms with E-state index in [0.717, 1.165) is 12.1 Å². The first-order valence-corrected chi connectivity index (χ1v) is 4.67. The Morgan fingerprint density at radius 3 is 2.06 bits per heavy atom. The lowest BCUT2D eigenvalue weighted by atomic mass is 9.82. The smallest absolute Gasteiger partial charge is 0.165 e. The third-order valence-electron chi connectivity index (χ3n) is 2.36. The zero-order chi connectivity index (χ0) is 11.8. The van der Waals surface area contributed by atoms with Crippen LogP contribution in [-0.2, 0) is 0 Å². The fraction of sp³-hybridized carbons (Fsp3) is 0.455. The van der Waals surface area contributed by atoms with Crippen LogP contribution in [0, 0.1) is 17.0 Å². The lowest BCUT2D eigenvalue weighted by Gasteiger charge is -2.28. The summed E-state index contributed by atoms with van der Waals surface area (Å²) >= 11 is 0. The first kappa shape index (κ1) is 15.1. The summed E-state index contributed by atoms with van der Waals surface area (Å²) in [5.41, 5.74) is 5.16. The molecule has 1 atom stereocenters. The van der Waals surface area contributed by atoms with Gasteiger partial charge in [-0.15, -0.1) is 12.4 Å². The zero-order valence-electron chi connectivity index (χ0n) is 9.42. The molecule has 0 heterocycles. The summed E-state index contributed by atoms with van der Waals surface area (Å²) in [6.45, 7) is 5.38. The van der Waals surface area contributed by atoms with Gasteiger partial charge in [-0.3, -0.25) is 0 Å². The van der Waals surface area contributed by atoms with Crippen LogP contribution in [0.3, 0.4) is 0 Å². The Morgan fingerprint density at radius 2 is 1.62 bits per heavy atom. The molecule has 0 saturated carbocycles. The molecule has 2 nitrogen and oxygen atoms in total. The molecular weight excluding hydrogens is 236 g/mol. The van der Waals surface area contributed by atoms with Crippen molar-refractivity contribution in [2.24, 2.45) is 11.1 Å². The fourth-order valence-electron chi connectivity index (χ4n) is 1.29. The maximum Gasteiger partial charge on any atom is 0.165 e. The molecule has 1 aromatic carbocycles. The van der Waals surface area contributed by atoms with Gasteiger partial charge in [0.25, 0.3) is 0 Å². The standard InChI is InChI=1S/C11H15F2NO.ClH/c1-11(2,3)10(14)8-6(12)4-5-7(13)9(8)15;/h4-5,10,15H,14H2,1-3H3;1H/t10-;/m1./s1. The van der Waals surface area contributed by atoms with Gasteiger partial charge in [0, 0.05) is 11.6 Å². The van der Waals surface area contributed by atoms with Crippen molar-refractivity contribution in [3.05, 3.63) is 29.3 Å². The molecule has 0 aliphatic heterocycles. The van der Waals surface area contributed by atoms with Crippen molar-refractivity contribution < 1.29 is 13.9 Å². The number of hydrogen-bond acceptors (Lipinski definition) is 2. The first-order chi connectivity index (χ1) is 6.75. The van der Waals surface area contributed by atoms with Gasteiger partial charge in [0.1, 0.15) is 5.82 Å². The van der Waals surface area contributed by atoms with Crippen molar-refractivity contribution in [2.75, 3.05) is 0 Å². The van der Waals surface area contributed by atoms with Crippen LogP contribution in [0.25, 0.3) is 0 Å². The Hall–Kier alpha value is -0.870. The predicted octanol–water partition coefficient (Wildman–Crippen LogP) is 3.14. The van der Waals surface area contributed by atoms with E-state index in [0.29, 0.717) is 0 Å². The van der Waals surface area contributed by atoms with Gasteiger partial charge in [-0.1, -0.05) is 20.8 Å². The fourth-order valence-corrected chi connectivity index (χ4v) is 1.29. The number of phenolic OH excluding ortho intramolecular Hbond substituents is 1. The highest BCUT2D eigenvalue weighted by Crippen LogP contribution is 2.37. The summed E-state index contributed by atoms with van der Waals surface area (Å²) in [6.07, 6.45) is 0. The average molecular weight is 252 g/mol. The molecule has 1 aromatic rings. The van der Waals surface area contributed by atoms with E-state index < -0.39 is 28.8 Å². The average Bonchev–Trinajstić information content (AvgIpc) is 2.10. The third-order valence-corrected chi connectivity index (χ3v) is 2.36. The second-order valence-electron chi connectivity index (χ2n) is 4.64. The lowest BCUT2D eigenvalue weighted by molar-refractivity contribution is 0.304. The number of phenols is 1.